The molecule has 1 aromatic carbocycles. The molecule has 0 fully saturated rings. The van der Waals surface area contributed by atoms with Crippen LogP contribution in [0.15, 0.2) is 24.3 Å². The zero-order valence-electron chi connectivity index (χ0n) is 11.5. The average molecular weight is 297 g/mol. The molecule has 1 aromatic heterocycles. The lowest BCUT2D eigenvalue weighted by Gasteiger charge is -2.04. The van der Waals surface area contributed by atoms with Gasteiger partial charge in [-0.15, -0.1) is 11.6 Å². The second kappa shape index (κ2) is 5.98. The fraction of sp³-hybridized carbons (Fsp3) is 0.400. The van der Waals surface area contributed by atoms with E-state index >= 15 is 0 Å². The van der Waals surface area contributed by atoms with Crippen LogP contribution in [-0.2, 0) is 12.4 Å². The highest BCUT2D eigenvalue weighted by Crippen LogP contribution is 2.27. The van der Waals surface area contributed by atoms with Gasteiger partial charge in [0.15, 0.2) is 0 Å². The summed E-state index contributed by atoms with van der Waals surface area (Å²) in [6.45, 7) is 6.96. The zero-order chi connectivity index (χ0) is 14.0. The molecule has 0 atom stereocenters. The van der Waals surface area contributed by atoms with Crippen molar-refractivity contribution in [2.24, 2.45) is 0 Å². The predicted molar refractivity (Wildman–Crippen MR) is 81.2 cm³/mol. The van der Waals surface area contributed by atoms with Crippen molar-refractivity contribution in [3.05, 3.63) is 51.8 Å². The van der Waals surface area contributed by atoms with Gasteiger partial charge in [-0.05, 0) is 18.4 Å². The molecule has 2 aromatic rings. The Morgan fingerprint density at radius 2 is 2.05 bits per heavy atom. The van der Waals surface area contributed by atoms with E-state index in [9.17, 15) is 0 Å². The SMILES string of the molecule is Cc1cccc(Cn2nc(C(C)C)c(CCl)c2Cl)c1. The maximum absolute atomic E-state index is 6.38. The highest BCUT2D eigenvalue weighted by Gasteiger charge is 2.17. The quantitative estimate of drug-likeness (QED) is 0.744. The molecule has 0 bridgehead atoms. The number of nitrogens with zero attached hydrogens (tertiary/aromatic N) is 2. The van der Waals surface area contributed by atoms with Crippen LogP contribution in [0.1, 0.15) is 42.1 Å². The molecule has 0 amide bonds. The smallest absolute Gasteiger partial charge is 0.132 e. The Hall–Kier alpha value is -0.990. The van der Waals surface area contributed by atoms with Gasteiger partial charge in [-0.1, -0.05) is 55.3 Å². The Bertz CT molecular complexity index is 574. The van der Waals surface area contributed by atoms with E-state index in [0.717, 1.165) is 11.3 Å². The largest absolute Gasteiger partial charge is 0.249 e. The average Bonchev–Trinajstić information content (AvgIpc) is 2.66. The molecule has 0 saturated carbocycles. The first kappa shape index (κ1) is 14.4. The predicted octanol–water partition coefficient (Wildman–Crippen LogP) is 4.76. The van der Waals surface area contributed by atoms with Crippen LogP contribution >= 0.6 is 23.2 Å². The summed E-state index contributed by atoms with van der Waals surface area (Å²) in [6, 6.07) is 8.36. The van der Waals surface area contributed by atoms with Crippen molar-refractivity contribution in [2.45, 2.75) is 39.1 Å². The van der Waals surface area contributed by atoms with Gasteiger partial charge in [-0.25, -0.2) is 4.68 Å². The van der Waals surface area contributed by atoms with E-state index in [-0.39, 0.29) is 0 Å². The van der Waals surface area contributed by atoms with Crippen LogP contribution in [0, 0.1) is 6.92 Å². The molecule has 0 aliphatic rings. The second-order valence-corrected chi connectivity index (χ2v) is 5.71. The van der Waals surface area contributed by atoms with Crippen molar-refractivity contribution in [3.8, 4) is 0 Å². The zero-order valence-corrected chi connectivity index (χ0v) is 13.0. The third-order valence-electron chi connectivity index (χ3n) is 3.11. The Morgan fingerprint density at radius 3 is 2.58 bits per heavy atom. The third-order valence-corrected chi connectivity index (χ3v) is 3.80. The minimum Gasteiger partial charge on any atom is -0.249 e. The van der Waals surface area contributed by atoms with Crippen LogP contribution < -0.4 is 0 Å². The molecular weight excluding hydrogens is 279 g/mol. The fourth-order valence-corrected chi connectivity index (χ4v) is 2.76. The maximum atomic E-state index is 6.38. The number of hydrogen-bond donors (Lipinski definition) is 0. The summed E-state index contributed by atoms with van der Waals surface area (Å²) in [5, 5.41) is 5.26. The lowest BCUT2D eigenvalue weighted by Crippen LogP contribution is -2.03. The summed E-state index contributed by atoms with van der Waals surface area (Å²) in [4.78, 5) is 0. The topological polar surface area (TPSA) is 17.8 Å². The molecule has 19 heavy (non-hydrogen) atoms. The van der Waals surface area contributed by atoms with Gasteiger partial charge in [0.2, 0.25) is 0 Å². The number of halogens is 2. The van der Waals surface area contributed by atoms with Crippen molar-refractivity contribution >= 4 is 23.2 Å². The van der Waals surface area contributed by atoms with Crippen molar-refractivity contribution in [1.82, 2.24) is 9.78 Å². The van der Waals surface area contributed by atoms with Crippen LogP contribution in [0.4, 0.5) is 0 Å². The molecule has 0 unspecified atom stereocenters. The van der Waals surface area contributed by atoms with E-state index in [1.165, 1.54) is 11.1 Å². The van der Waals surface area contributed by atoms with Crippen LogP contribution in [0.5, 0.6) is 0 Å². The number of benzene rings is 1. The molecule has 1 heterocycles. The Kier molecular flexibility index (Phi) is 4.54. The Morgan fingerprint density at radius 1 is 1.32 bits per heavy atom. The van der Waals surface area contributed by atoms with Crippen molar-refractivity contribution in [1.29, 1.82) is 0 Å². The summed E-state index contributed by atoms with van der Waals surface area (Å²) in [6.07, 6.45) is 0. The van der Waals surface area contributed by atoms with E-state index in [4.69, 9.17) is 23.2 Å². The lowest BCUT2D eigenvalue weighted by atomic mass is 10.1. The number of rotatable bonds is 4. The number of hydrogen-bond acceptors (Lipinski definition) is 1. The van der Waals surface area contributed by atoms with Gasteiger partial charge >= 0.3 is 0 Å². The molecule has 0 radical (unpaired) electrons. The van der Waals surface area contributed by atoms with Crippen molar-refractivity contribution < 1.29 is 0 Å². The van der Waals surface area contributed by atoms with Crippen molar-refractivity contribution in [2.75, 3.05) is 0 Å². The van der Waals surface area contributed by atoms with E-state index in [0.29, 0.717) is 23.5 Å². The van der Waals surface area contributed by atoms with Gasteiger partial charge in [0.25, 0.3) is 0 Å². The molecule has 0 saturated heterocycles. The number of alkyl halides is 1. The summed E-state index contributed by atoms with van der Waals surface area (Å²) < 4.78 is 1.84. The number of aryl methyl sites for hydroxylation is 1. The Balaban J connectivity index is 2.35. The maximum Gasteiger partial charge on any atom is 0.132 e. The van der Waals surface area contributed by atoms with Crippen LogP contribution in [0.25, 0.3) is 0 Å². The molecule has 0 N–H and O–H groups in total. The van der Waals surface area contributed by atoms with Crippen LogP contribution in [0.2, 0.25) is 5.15 Å². The summed E-state index contributed by atoms with van der Waals surface area (Å²) in [7, 11) is 0. The second-order valence-electron chi connectivity index (χ2n) is 5.09. The van der Waals surface area contributed by atoms with E-state index in [1.807, 2.05) is 10.7 Å². The van der Waals surface area contributed by atoms with Crippen LogP contribution in [0.3, 0.4) is 0 Å². The molecular formula is C15H18Cl2N2. The van der Waals surface area contributed by atoms with Gasteiger partial charge in [-0.2, -0.15) is 5.10 Å². The summed E-state index contributed by atoms with van der Waals surface area (Å²) in [5.74, 6) is 0.727. The fourth-order valence-electron chi connectivity index (χ4n) is 2.17. The standard InChI is InChI=1S/C15H18Cl2N2/c1-10(2)14-13(8-16)15(17)19(18-14)9-12-6-4-5-11(3)7-12/h4-7,10H,8-9H2,1-3H3. The normalized spacial score (nSPS) is 11.3. The number of aromatic nitrogens is 2. The molecule has 102 valence electrons. The van der Waals surface area contributed by atoms with Crippen molar-refractivity contribution in [3.63, 3.8) is 0 Å². The van der Waals surface area contributed by atoms with Gasteiger partial charge < -0.3 is 0 Å². The first-order chi connectivity index (χ1) is 9.02. The van der Waals surface area contributed by atoms with E-state index < -0.39 is 0 Å². The summed E-state index contributed by atoms with van der Waals surface area (Å²) in [5.41, 5.74) is 4.38. The van der Waals surface area contributed by atoms with Gasteiger partial charge in [0.1, 0.15) is 5.15 Å². The lowest BCUT2D eigenvalue weighted by molar-refractivity contribution is 0.657. The first-order valence-corrected chi connectivity index (χ1v) is 7.30. The molecule has 0 aliphatic heterocycles. The highest BCUT2D eigenvalue weighted by molar-refractivity contribution is 6.31. The monoisotopic (exact) mass is 296 g/mol. The van der Waals surface area contributed by atoms with Crippen LogP contribution in [-0.4, -0.2) is 9.78 Å². The Labute approximate surface area is 124 Å². The van der Waals surface area contributed by atoms with Gasteiger partial charge in [0.05, 0.1) is 18.1 Å². The van der Waals surface area contributed by atoms with E-state index in [1.54, 1.807) is 0 Å². The third kappa shape index (κ3) is 3.13. The van der Waals surface area contributed by atoms with E-state index in [2.05, 4.69) is 44.1 Å². The molecule has 0 aliphatic carbocycles. The minimum atomic E-state index is 0.324. The molecule has 2 rings (SSSR count). The first-order valence-electron chi connectivity index (χ1n) is 6.39. The van der Waals surface area contributed by atoms with Gasteiger partial charge in [0, 0.05) is 5.56 Å². The minimum absolute atomic E-state index is 0.324. The molecule has 0 spiro atoms. The molecule has 4 heteroatoms. The summed E-state index contributed by atoms with van der Waals surface area (Å²) >= 11 is 12.4. The van der Waals surface area contributed by atoms with Gasteiger partial charge in [-0.3, -0.25) is 0 Å². The highest BCUT2D eigenvalue weighted by atomic mass is 35.5. The molecule has 2 nitrogen and oxygen atoms in total.